The minimum Gasteiger partial charge on any atom is -0.459 e. The quantitative estimate of drug-likeness (QED) is 0.0250. The number of aliphatic hydroxyl groups is 1. The van der Waals surface area contributed by atoms with Gasteiger partial charge in [-0.2, -0.15) is 0 Å². The van der Waals surface area contributed by atoms with Crippen LogP contribution in [0.4, 0.5) is 28.8 Å². The van der Waals surface area contributed by atoms with Gasteiger partial charge in [0.1, 0.15) is 83.4 Å². The van der Waals surface area contributed by atoms with E-state index in [-0.39, 0.29) is 13.2 Å². The standard InChI is InChI=1S/C79H76Cl3N5O26/c1-84-60(70(91)100-42-51-25-11-3-12-26-51)57(88)40-86(74(94)106-48-79(80,81)82)61(68(84)90)63(109-71-67(113-78(98)105-47-56-35-21-8-22-36-56)62(110-75(95)102-44-53-29-15-5-16-30-53)58(107-71)39-83-72(92)101-43-52-27-13-4-14-28-52)64-65(111-76(96)103-45-54-31-17-6-18-32-54)66(112-77(97)104-46-55-33-19-7-20-34-55)69(108-64)85-38-37-59(89)87(73(85)93)49-99-41-50-23-9-2-10-24-50/h2-38,57-58,60-67,69,71,88H,39-49H2,1H3,(H,83,92)/t57-,58+,60-,61-,62+,63-,64+,65+,66+,67+,69+,71-/m0/s1. The number of alkyl carbamates (subject to hydrolysis) is 1. The van der Waals surface area contributed by atoms with Gasteiger partial charge in [0, 0.05) is 19.3 Å². The summed E-state index contributed by atoms with van der Waals surface area (Å²) in [5, 5.41) is 15.1. The van der Waals surface area contributed by atoms with Gasteiger partial charge < -0.3 is 86.4 Å². The minimum atomic E-state index is -2.62. The fourth-order valence-corrected chi connectivity index (χ4v) is 12.4. The molecule has 8 aromatic rings. The lowest BCUT2D eigenvalue weighted by atomic mass is 9.96. The largest absolute Gasteiger partial charge is 0.509 e. The Morgan fingerprint density at radius 1 is 0.504 bits per heavy atom. The van der Waals surface area contributed by atoms with Gasteiger partial charge in [-0.1, -0.05) is 247 Å². The highest BCUT2D eigenvalue weighted by Crippen LogP contribution is 2.42. The summed E-state index contributed by atoms with van der Waals surface area (Å²) in [5.74, 6) is -2.68. The SMILES string of the molecule is CN1C(=O)[C@H]([C@H](O[C@@H]2O[C@H](CNC(=O)OCc3ccccc3)[C@@H](OC(=O)OCc3ccccc3)[C@H]2OC(=O)OCc2ccccc2)[C@H]2O[C@@H](n3ccc(=O)n(COCc4ccccc4)c3=O)[C@H](OC(=O)OCc3ccccc3)[C@@H]2OC(=O)OCc2ccccc2)N(C(=O)OCC(Cl)(Cl)Cl)C[C@H](O)[C@H]1C(=O)OCc1ccccc1. The number of ether oxygens (including phenoxy) is 15. The first-order valence-corrected chi connectivity index (χ1v) is 36.3. The van der Waals surface area contributed by atoms with Crippen LogP contribution in [0.1, 0.15) is 45.2 Å². The van der Waals surface area contributed by atoms with Crippen LogP contribution < -0.4 is 16.6 Å². The number of hydrogen-bond acceptors (Lipinski definition) is 26. The Morgan fingerprint density at radius 2 is 0.912 bits per heavy atom. The minimum absolute atomic E-state index is 0.137. The summed E-state index contributed by atoms with van der Waals surface area (Å²) in [6.45, 7) is -6.47. The maximum atomic E-state index is 16.5. The van der Waals surface area contributed by atoms with Gasteiger partial charge in [-0.15, -0.1) is 0 Å². The number of likely N-dealkylation sites (N-methyl/N-ethyl adjacent to an activating group) is 1. The van der Waals surface area contributed by atoms with E-state index in [1.807, 2.05) is 0 Å². The third-order valence-electron chi connectivity index (χ3n) is 17.7. The number of hydrogen-bond donors (Lipinski definition) is 2. The fourth-order valence-electron chi connectivity index (χ4n) is 12.2. The molecule has 113 heavy (non-hydrogen) atoms. The van der Waals surface area contributed by atoms with Crippen LogP contribution in [-0.2, 0) is 134 Å². The summed E-state index contributed by atoms with van der Waals surface area (Å²) in [7, 11) is 1.02. The second-order valence-corrected chi connectivity index (χ2v) is 28.1. The number of nitrogens with one attached hydrogen (secondary N) is 1. The number of carbonyl (C=O) groups excluding carboxylic acids is 8. The van der Waals surface area contributed by atoms with Crippen molar-refractivity contribution in [2.75, 3.05) is 26.7 Å². The molecule has 3 fully saturated rings. The first-order chi connectivity index (χ1) is 54.6. The average Bonchev–Trinajstić information content (AvgIpc) is 1.60. The second-order valence-electron chi connectivity index (χ2n) is 25.6. The Balaban J connectivity index is 1.10. The van der Waals surface area contributed by atoms with Crippen molar-refractivity contribution in [3.05, 3.63) is 284 Å². The summed E-state index contributed by atoms with van der Waals surface area (Å²) in [5.41, 5.74) is 1.18. The molecule has 31 nitrogen and oxygen atoms in total. The monoisotopic (exact) mass is 1620 g/mol. The van der Waals surface area contributed by atoms with Gasteiger partial charge in [-0.05, 0) is 38.9 Å². The summed E-state index contributed by atoms with van der Waals surface area (Å²) >= 11 is 18.6. The van der Waals surface area contributed by atoms with Crippen molar-refractivity contribution < 1.29 is 115 Å². The van der Waals surface area contributed by atoms with E-state index in [4.69, 9.17) is 106 Å². The molecule has 594 valence electrons. The molecule has 0 saturated carbocycles. The molecule has 4 heterocycles. The van der Waals surface area contributed by atoms with Gasteiger partial charge in [0.2, 0.25) is 9.70 Å². The zero-order chi connectivity index (χ0) is 79.8. The predicted molar refractivity (Wildman–Crippen MR) is 395 cm³/mol. The van der Waals surface area contributed by atoms with Crippen molar-refractivity contribution in [3.63, 3.8) is 0 Å². The molecule has 0 spiro atoms. The van der Waals surface area contributed by atoms with E-state index in [0.29, 0.717) is 57.9 Å². The maximum absolute atomic E-state index is 16.5. The van der Waals surface area contributed by atoms with Gasteiger partial charge in [-0.3, -0.25) is 19.1 Å². The number of β-amino-alcohol motifs (C(OH)–C–C–N with tert-alkyl or cyclic N) is 1. The smallest absolute Gasteiger partial charge is 0.459 e. The molecule has 11 rings (SSSR count). The van der Waals surface area contributed by atoms with E-state index in [9.17, 15) is 38.7 Å². The molecule has 2 N–H and O–H groups in total. The van der Waals surface area contributed by atoms with Gasteiger partial charge >= 0.3 is 48.5 Å². The molecule has 0 bridgehead atoms. The van der Waals surface area contributed by atoms with E-state index in [0.717, 1.165) is 19.3 Å². The normalized spacial score (nSPS) is 20.9. The van der Waals surface area contributed by atoms with Crippen molar-refractivity contribution in [3.8, 4) is 0 Å². The number of alkyl halides is 3. The number of halogens is 3. The zero-order valence-corrected chi connectivity index (χ0v) is 62.4. The molecule has 3 aliphatic heterocycles. The Hall–Kier alpha value is -11.6. The van der Waals surface area contributed by atoms with E-state index < -0.39 is 197 Å². The van der Waals surface area contributed by atoms with Crippen molar-refractivity contribution in [1.82, 2.24) is 24.3 Å². The van der Waals surface area contributed by atoms with Crippen LogP contribution in [0.2, 0.25) is 0 Å². The average molecular weight is 1620 g/mol. The third-order valence-corrected chi connectivity index (χ3v) is 18.0. The second kappa shape index (κ2) is 40.1. The molecule has 3 saturated heterocycles. The Morgan fingerprint density at radius 3 is 1.36 bits per heavy atom. The number of nitrogens with zero attached hydrogens (tertiary/aromatic N) is 4. The van der Waals surface area contributed by atoms with E-state index in [1.54, 1.807) is 212 Å². The maximum Gasteiger partial charge on any atom is 0.509 e. The number of amides is 3. The lowest BCUT2D eigenvalue weighted by Crippen LogP contribution is -2.62. The number of aromatic nitrogens is 2. The van der Waals surface area contributed by atoms with Crippen LogP contribution in [0.25, 0.3) is 0 Å². The lowest BCUT2D eigenvalue weighted by molar-refractivity contribution is -0.234. The molecule has 0 radical (unpaired) electrons. The van der Waals surface area contributed by atoms with E-state index in [1.165, 1.54) is 0 Å². The first-order valence-electron chi connectivity index (χ1n) is 35.1. The molecular weight excluding hydrogens is 1540 g/mol. The van der Waals surface area contributed by atoms with Crippen molar-refractivity contribution >= 4 is 83.5 Å². The molecular formula is C79H76Cl3N5O26. The first kappa shape index (κ1) is 82.4. The third kappa shape index (κ3) is 23.3. The van der Waals surface area contributed by atoms with Crippen LogP contribution in [0, 0.1) is 0 Å². The highest BCUT2D eigenvalue weighted by atomic mass is 35.6. The molecule has 7 aromatic carbocycles. The number of esters is 1. The van der Waals surface area contributed by atoms with Crippen molar-refractivity contribution in [1.29, 1.82) is 0 Å². The number of aliphatic hydroxyl groups excluding tert-OH is 1. The summed E-state index contributed by atoms with van der Waals surface area (Å²) < 4.78 is 89.5. The lowest BCUT2D eigenvalue weighted by Gasteiger charge is -2.39. The fraction of sp³-hybridized carbons (Fsp3) is 0.316. The van der Waals surface area contributed by atoms with Gasteiger partial charge in [0.05, 0.1) is 19.7 Å². The topological polar surface area (TPSA) is 358 Å². The van der Waals surface area contributed by atoms with Gasteiger partial charge in [0.25, 0.3) is 5.56 Å². The highest BCUT2D eigenvalue weighted by molar-refractivity contribution is 6.67. The van der Waals surface area contributed by atoms with E-state index >= 15 is 14.4 Å². The summed E-state index contributed by atoms with van der Waals surface area (Å²) in [4.78, 5) is 149. The van der Waals surface area contributed by atoms with Crippen LogP contribution in [0.3, 0.4) is 0 Å². The highest BCUT2D eigenvalue weighted by Gasteiger charge is 2.63. The van der Waals surface area contributed by atoms with Gasteiger partial charge in [0.15, 0.2) is 43.0 Å². The number of carbonyl (C=O) groups is 8. The molecule has 34 heteroatoms. The molecule has 0 unspecified atom stereocenters. The van der Waals surface area contributed by atoms with Crippen LogP contribution >= 0.6 is 34.8 Å². The van der Waals surface area contributed by atoms with Crippen LogP contribution in [-0.4, -0.2) is 170 Å². The van der Waals surface area contributed by atoms with E-state index in [2.05, 4.69) is 5.32 Å². The van der Waals surface area contributed by atoms with Crippen molar-refractivity contribution in [2.24, 2.45) is 0 Å². The Labute approximate surface area is 660 Å². The van der Waals surface area contributed by atoms with Crippen LogP contribution in [0.5, 0.6) is 0 Å². The summed E-state index contributed by atoms with van der Waals surface area (Å²) in [6, 6.07) is 54.5. The summed E-state index contributed by atoms with van der Waals surface area (Å²) in [6.07, 6.45) is -30.7. The number of benzene rings is 7. The predicted octanol–water partition coefficient (Wildman–Crippen LogP) is 10.1. The van der Waals surface area contributed by atoms with Gasteiger partial charge in [-0.25, -0.2) is 42.9 Å². The molecule has 1 aromatic heterocycles. The van der Waals surface area contributed by atoms with Crippen molar-refractivity contribution in [2.45, 2.75) is 130 Å². The molecule has 12 atom stereocenters. The zero-order valence-electron chi connectivity index (χ0n) is 60.1. The number of rotatable bonds is 29. The molecule has 3 amide bonds. The molecule has 3 aliphatic rings. The van der Waals surface area contributed by atoms with Crippen LogP contribution in [0.15, 0.2) is 234 Å². The Kier molecular flexibility index (Phi) is 29.2. The Bertz CT molecular complexity index is 4600. The molecule has 0 aliphatic carbocycles.